The van der Waals surface area contributed by atoms with E-state index in [0.717, 1.165) is 5.56 Å². The predicted molar refractivity (Wildman–Crippen MR) is 105 cm³/mol. The smallest absolute Gasteiger partial charge is 0.306 e. The Labute approximate surface area is 164 Å². The molecule has 0 aromatic heterocycles. The second-order valence-electron chi connectivity index (χ2n) is 8.31. The van der Waals surface area contributed by atoms with Crippen LogP contribution in [0.15, 0.2) is 18.2 Å². The van der Waals surface area contributed by atoms with E-state index in [1.807, 2.05) is 25.7 Å². The fourth-order valence-corrected chi connectivity index (χ4v) is 3.46. The Morgan fingerprint density at radius 3 is 2.64 bits per heavy atom. The molecule has 8 heteroatoms. The van der Waals surface area contributed by atoms with Gasteiger partial charge in [0.2, 0.25) is 5.91 Å². The molecule has 1 saturated heterocycles. The molecule has 0 aliphatic carbocycles. The lowest BCUT2D eigenvalue weighted by Gasteiger charge is -2.48. The van der Waals surface area contributed by atoms with Gasteiger partial charge in [-0.05, 0) is 44.9 Å². The van der Waals surface area contributed by atoms with Crippen LogP contribution in [0.1, 0.15) is 32.8 Å². The van der Waals surface area contributed by atoms with Crippen molar-refractivity contribution in [2.45, 2.75) is 51.8 Å². The van der Waals surface area contributed by atoms with Crippen LogP contribution < -0.4 is 10.6 Å². The third kappa shape index (κ3) is 5.06. The number of halogens is 1. The average Bonchev–Trinajstić information content (AvgIpc) is 2.59. The van der Waals surface area contributed by atoms with Crippen molar-refractivity contribution in [3.8, 4) is 0 Å². The molecule has 1 fully saturated rings. The molecular formula is C20H30FN3O4. The zero-order valence-electron chi connectivity index (χ0n) is 16.9. The van der Waals surface area contributed by atoms with E-state index in [0.29, 0.717) is 12.2 Å². The molecule has 156 valence electrons. The van der Waals surface area contributed by atoms with Crippen LogP contribution in [-0.4, -0.2) is 64.3 Å². The number of carbonyl (C=O) groups is 2. The van der Waals surface area contributed by atoms with Crippen LogP contribution in [0.5, 0.6) is 0 Å². The van der Waals surface area contributed by atoms with Crippen molar-refractivity contribution in [1.29, 1.82) is 0 Å². The zero-order valence-corrected chi connectivity index (χ0v) is 16.9. The van der Waals surface area contributed by atoms with Gasteiger partial charge in [-0.25, -0.2) is 4.39 Å². The van der Waals surface area contributed by atoms with Crippen molar-refractivity contribution in [2.75, 3.05) is 24.5 Å². The number of piperazine rings is 1. The maximum Gasteiger partial charge on any atom is 0.306 e. The van der Waals surface area contributed by atoms with Gasteiger partial charge in [0, 0.05) is 30.4 Å². The number of aryl methyl sites for hydroxylation is 1. The number of aliphatic hydroxyl groups excluding tert-OH is 1. The van der Waals surface area contributed by atoms with E-state index in [4.69, 9.17) is 10.8 Å². The van der Waals surface area contributed by atoms with Crippen molar-refractivity contribution >= 4 is 17.6 Å². The Morgan fingerprint density at radius 1 is 1.39 bits per heavy atom. The van der Waals surface area contributed by atoms with Gasteiger partial charge in [0.25, 0.3) is 0 Å². The fraction of sp³-hybridized carbons (Fsp3) is 0.600. The number of hydrogen-bond acceptors (Lipinski definition) is 5. The largest absolute Gasteiger partial charge is 0.481 e. The molecule has 3 atom stereocenters. The van der Waals surface area contributed by atoms with Crippen molar-refractivity contribution in [3.63, 3.8) is 0 Å². The Balaban J connectivity index is 2.10. The summed E-state index contributed by atoms with van der Waals surface area (Å²) in [6.45, 7) is 7.95. The molecule has 0 spiro atoms. The van der Waals surface area contributed by atoms with Crippen molar-refractivity contribution in [1.82, 2.24) is 4.90 Å². The van der Waals surface area contributed by atoms with Crippen molar-refractivity contribution < 1.29 is 24.2 Å². The molecule has 1 aromatic carbocycles. The van der Waals surface area contributed by atoms with E-state index in [1.165, 1.54) is 19.1 Å². The van der Waals surface area contributed by atoms with Gasteiger partial charge in [0.05, 0.1) is 18.6 Å². The van der Waals surface area contributed by atoms with E-state index in [9.17, 15) is 19.1 Å². The van der Waals surface area contributed by atoms with Gasteiger partial charge in [0.15, 0.2) is 0 Å². The summed E-state index contributed by atoms with van der Waals surface area (Å²) < 4.78 is 13.7. The fourth-order valence-electron chi connectivity index (χ4n) is 3.46. The van der Waals surface area contributed by atoms with Gasteiger partial charge < -0.3 is 20.8 Å². The molecule has 4 N–H and O–H groups in total. The standard InChI is InChI=1S/C20H30FN3O4/c1-12-5-6-14(21)8-16(12)24-11-20(3,4)23(10-18(24)26)9-15(22)17(25)7-13(2)19(27)28/h5-6,8,13,15,17,25H,7,9-11,22H2,1-4H3,(H,27,28)/t13-,15?,17+/m1/s1. The van der Waals surface area contributed by atoms with E-state index < -0.39 is 35.4 Å². The summed E-state index contributed by atoms with van der Waals surface area (Å²) in [5, 5.41) is 19.2. The zero-order chi connectivity index (χ0) is 21.2. The second kappa shape index (κ2) is 8.55. The molecule has 1 unspecified atom stereocenters. The predicted octanol–water partition coefficient (Wildman–Crippen LogP) is 1.36. The first kappa shape index (κ1) is 22.3. The molecule has 2 rings (SSSR count). The molecule has 1 aliphatic heterocycles. The second-order valence-corrected chi connectivity index (χ2v) is 8.31. The number of carbonyl (C=O) groups excluding carboxylic acids is 1. The summed E-state index contributed by atoms with van der Waals surface area (Å²) >= 11 is 0. The minimum atomic E-state index is -0.986. The van der Waals surface area contributed by atoms with Crippen LogP contribution in [0.4, 0.5) is 10.1 Å². The number of nitrogens with two attached hydrogens (primary N) is 1. The first-order chi connectivity index (χ1) is 12.9. The number of anilines is 1. The van der Waals surface area contributed by atoms with Crippen molar-refractivity contribution in [3.05, 3.63) is 29.6 Å². The van der Waals surface area contributed by atoms with E-state index in [-0.39, 0.29) is 25.4 Å². The number of aliphatic hydroxyl groups is 1. The number of benzene rings is 1. The number of carboxylic acids is 1. The highest BCUT2D eigenvalue weighted by Gasteiger charge is 2.40. The number of hydrogen-bond donors (Lipinski definition) is 3. The lowest BCUT2D eigenvalue weighted by Crippen LogP contribution is -2.64. The average molecular weight is 395 g/mol. The molecule has 1 aliphatic rings. The van der Waals surface area contributed by atoms with Crippen LogP contribution in [0.2, 0.25) is 0 Å². The number of amides is 1. The van der Waals surface area contributed by atoms with E-state index >= 15 is 0 Å². The van der Waals surface area contributed by atoms with Gasteiger partial charge in [0.1, 0.15) is 5.82 Å². The van der Waals surface area contributed by atoms with Crippen LogP contribution >= 0.6 is 0 Å². The minimum Gasteiger partial charge on any atom is -0.481 e. The molecule has 7 nitrogen and oxygen atoms in total. The highest BCUT2D eigenvalue weighted by molar-refractivity contribution is 5.96. The van der Waals surface area contributed by atoms with Gasteiger partial charge in [-0.3, -0.25) is 14.5 Å². The Hall–Kier alpha value is -2.03. The lowest BCUT2D eigenvalue weighted by atomic mass is 9.94. The lowest BCUT2D eigenvalue weighted by molar-refractivity contribution is -0.142. The number of rotatable bonds is 7. The van der Waals surface area contributed by atoms with Gasteiger partial charge >= 0.3 is 5.97 Å². The van der Waals surface area contributed by atoms with Gasteiger partial charge in [-0.15, -0.1) is 0 Å². The third-order valence-corrected chi connectivity index (χ3v) is 5.43. The molecule has 0 saturated carbocycles. The summed E-state index contributed by atoms with van der Waals surface area (Å²) in [7, 11) is 0. The van der Waals surface area contributed by atoms with Crippen LogP contribution in [-0.2, 0) is 9.59 Å². The highest BCUT2D eigenvalue weighted by Crippen LogP contribution is 2.29. The molecule has 1 amide bonds. The summed E-state index contributed by atoms with van der Waals surface area (Å²) in [6, 6.07) is 3.69. The quantitative estimate of drug-likeness (QED) is 0.644. The maximum atomic E-state index is 13.7. The minimum absolute atomic E-state index is 0.0489. The van der Waals surface area contributed by atoms with Crippen LogP contribution in [0, 0.1) is 18.7 Å². The van der Waals surface area contributed by atoms with Crippen LogP contribution in [0.3, 0.4) is 0 Å². The van der Waals surface area contributed by atoms with Crippen molar-refractivity contribution in [2.24, 2.45) is 11.7 Å². The topological polar surface area (TPSA) is 107 Å². The third-order valence-electron chi connectivity index (χ3n) is 5.43. The molecule has 0 bridgehead atoms. The molecule has 0 radical (unpaired) electrons. The van der Waals surface area contributed by atoms with Gasteiger partial charge in [-0.2, -0.15) is 0 Å². The molecule has 1 heterocycles. The summed E-state index contributed by atoms with van der Waals surface area (Å²) in [5.74, 6) is -2.26. The highest BCUT2D eigenvalue weighted by atomic mass is 19.1. The monoisotopic (exact) mass is 395 g/mol. The molecule has 28 heavy (non-hydrogen) atoms. The maximum absolute atomic E-state index is 13.7. The summed E-state index contributed by atoms with van der Waals surface area (Å²) in [6.07, 6.45) is -0.937. The summed E-state index contributed by atoms with van der Waals surface area (Å²) in [4.78, 5) is 27.2. The van der Waals surface area contributed by atoms with Gasteiger partial charge in [-0.1, -0.05) is 13.0 Å². The Kier molecular flexibility index (Phi) is 6.80. The first-order valence-corrected chi connectivity index (χ1v) is 9.40. The number of aliphatic carboxylic acids is 1. The van der Waals surface area contributed by atoms with Crippen LogP contribution in [0.25, 0.3) is 0 Å². The number of nitrogens with zero attached hydrogens (tertiary/aromatic N) is 2. The Morgan fingerprint density at radius 2 is 2.04 bits per heavy atom. The van der Waals surface area contributed by atoms with E-state index in [2.05, 4.69) is 0 Å². The molecule has 1 aromatic rings. The Bertz CT molecular complexity index is 740. The SMILES string of the molecule is Cc1ccc(F)cc1N1CC(C)(C)N(CC(N)[C@@H](O)C[C@@H](C)C(=O)O)CC1=O. The number of carboxylic acid groups (broad SMARTS) is 1. The summed E-state index contributed by atoms with van der Waals surface area (Å²) in [5.41, 5.74) is 7.00. The molecular weight excluding hydrogens is 365 g/mol. The first-order valence-electron chi connectivity index (χ1n) is 9.40. The van der Waals surface area contributed by atoms with E-state index in [1.54, 1.807) is 11.0 Å². The normalized spacial score (nSPS) is 20.7.